The third-order valence-corrected chi connectivity index (χ3v) is 4.88. The fourth-order valence-corrected chi connectivity index (χ4v) is 3.68. The van der Waals surface area contributed by atoms with Crippen LogP contribution in [0.25, 0.3) is 0 Å². The van der Waals surface area contributed by atoms with Crippen molar-refractivity contribution < 1.29 is 9.53 Å². The van der Waals surface area contributed by atoms with Gasteiger partial charge in [0.1, 0.15) is 6.61 Å². The molecule has 114 valence electrons. The van der Waals surface area contributed by atoms with Crippen LogP contribution in [-0.4, -0.2) is 73.7 Å². The van der Waals surface area contributed by atoms with Gasteiger partial charge in [0.15, 0.2) is 0 Å². The molecule has 0 saturated carbocycles. The van der Waals surface area contributed by atoms with E-state index in [1.807, 2.05) is 4.90 Å². The minimum absolute atomic E-state index is 0.192. The second-order valence-electron chi connectivity index (χ2n) is 6.29. The van der Waals surface area contributed by atoms with Crippen molar-refractivity contribution in [2.45, 2.75) is 44.2 Å². The van der Waals surface area contributed by atoms with Crippen LogP contribution in [-0.2, 0) is 9.53 Å². The van der Waals surface area contributed by atoms with E-state index in [4.69, 9.17) is 4.74 Å². The molecule has 5 nitrogen and oxygen atoms in total. The van der Waals surface area contributed by atoms with E-state index < -0.39 is 0 Å². The molecule has 3 saturated heterocycles. The number of carbonyl (C=O) groups is 1. The number of fused-ring (bicyclic) bond motifs is 1. The fourth-order valence-electron chi connectivity index (χ4n) is 3.68. The summed E-state index contributed by atoms with van der Waals surface area (Å²) in [5, 5.41) is 3.32. The van der Waals surface area contributed by atoms with Crippen molar-refractivity contribution in [2.75, 3.05) is 45.9 Å². The van der Waals surface area contributed by atoms with Gasteiger partial charge in [-0.3, -0.25) is 9.69 Å². The van der Waals surface area contributed by atoms with Gasteiger partial charge in [0.2, 0.25) is 5.91 Å². The van der Waals surface area contributed by atoms with Gasteiger partial charge < -0.3 is 15.0 Å². The number of ether oxygens (including phenoxy) is 1. The Balaban J connectivity index is 1.46. The zero-order chi connectivity index (χ0) is 13.8. The molecule has 0 aliphatic carbocycles. The quantitative estimate of drug-likeness (QED) is 0.816. The van der Waals surface area contributed by atoms with Crippen LogP contribution in [0.3, 0.4) is 0 Å². The first-order valence-electron chi connectivity index (χ1n) is 8.17. The predicted octanol–water partition coefficient (Wildman–Crippen LogP) is 0.452. The summed E-state index contributed by atoms with van der Waals surface area (Å²) in [6.45, 7) is 6.49. The monoisotopic (exact) mass is 281 g/mol. The average Bonchev–Trinajstić information content (AvgIpc) is 2.83. The van der Waals surface area contributed by atoms with Crippen LogP contribution >= 0.6 is 0 Å². The Hall–Kier alpha value is -0.650. The van der Waals surface area contributed by atoms with Gasteiger partial charge in [0.25, 0.3) is 0 Å². The summed E-state index contributed by atoms with van der Waals surface area (Å²) in [5.41, 5.74) is 0. The molecule has 3 aliphatic heterocycles. The van der Waals surface area contributed by atoms with E-state index in [-0.39, 0.29) is 18.6 Å². The third-order valence-electron chi connectivity index (χ3n) is 4.88. The van der Waals surface area contributed by atoms with Gasteiger partial charge in [-0.1, -0.05) is 0 Å². The van der Waals surface area contributed by atoms with E-state index in [0.717, 1.165) is 52.0 Å². The number of carbonyl (C=O) groups excluding carboxylic acids is 1. The van der Waals surface area contributed by atoms with E-state index in [1.165, 1.54) is 19.4 Å². The first-order valence-corrected chi connectivity index (χ1v) is 8.17. The second kappa shape index (κ2) is 6.87. The lowest BCUT2D eigenvalue weighted by Gasteiger charge is -2.27. The van der Waals surface area contributed by atoms with Crippen molar-refractivity contribution in [1.82, 2.24) is 15.1 Å². The van der Waals surface area contributed by atoms with Crippen LogP contribution in [0.2, 0.25) is 0 Å². The molecule has 0 radical (unpaired) electrons. The topological polar surface area (TPSA) is 44.8 Å². The maximum atomic E-state index is 12.3. The molecule has 0 aromatic heterocycles. The lowest BCUT2D eigenvalue weighted by molar-refractivity contribution is -0.139. The molecule has 1 N–H and O–H groups in total. The minimum Gasteiger partial charge on any atom is -0.368 e. The Morgan fingerprint density at radius 1 is 1.10 bits per heavy atom. The van der Waals surface area contributed by atoms with Crippen LogP contribution in [0.15, 0.2) is 0 Å². The Morgan fingerprint density at radius 2 is 1.90 bits per heavy atom. The maximum absolute atomic E-state index is 12.3. The fraction of sp³-hybridized carbons (Fsp3) is 0.933. The number of piperidine rings is 1. The lowest BCUT2D eigenvalue weighted by atomic mass is 10.1. The highest BCUT2D eigenvalue weighted by Gasteiger charge is 2.30. The Labute approximate surface area is 121 Å². The largest absolute Gasteiger partial charge is 0.368 e. The standard InChI is InChI=1S/C15H27N3O2/c19-15(12-20-14-4-6-16-7-5-14)18-10-2-9-17-8-1-3-13(17)11-18/h13-14,16H,1-12H2. The normalized spacial score (nSPS) is 29.2. The predicted molar refractivity (Wildman–Crippen MR) is 77.6 cm³/mol. The lowest BCUT2D eigenvalue weighted by Crippen LogP contribution is -2.42. The number of amides is 1. The molecule has 20 heavy (non-hydrogen) atoms. The number of nitrogens with one attached hydrogen (secondary N) is 1. The molecule has 1 amide bonds. The second-order valence-corrected chi connectivity index (χ2v) is 6.29. The molecule has 3 rings (SSSR count). The molecule has 1 atom stereocenters. The molecule has 5 heteroatoms. The van der Waals surface area contributed by atoms with E-state index in [1.54, 1.807) is 0 Å². The van der Waals surface area contributed by atoms with Gasteiger partial charge in [-0.05, 0) is 51.7 Å². The van der Waals surface area contributed by atoms with Crippen LogP contribution < -0.4 is 5.32 Å². The molecule has 3 heterocycles. The van der Waals surface area contributed by atoms with E-state index in [9.17, 15) is 4.79 Å². The molecule has 3 aliphatic rings. The summed E-state index contributed by atoms with van der Waals surface area (Å²) in [6, 6.07) is 0.598. The SMILES string of the molecule is O=C(COC1CCNCC1)N1CCCN2CCCC2C1. The molecule has 0 aromatic rings. The average molecular weight is 281 g/mol. The van der Waals surface area contributed by atoms with E-state index in [2.05, 4.69) is 10.2 Å². The number of hydrogen-bond acceptors (Lipinski definition) is 4. The van der Waals surface area contributed by atoms with Crippen molar-refractivity contribution in [2.24, 2.45) is 0 Å². The highest BCUT2D eigenvalue weighted by Crippen LogP contribution is 2.21. The Kier molecular flexibility index (Phi) is 4.91. The molecule has 0 bridgehead atoms. The van der Waals surface area contributed by atoms with Crippen molar-refractivity contribution in [1.29, 1.82) is 0 Å². The highest BCUT2D eigenvalue weighted by molar-refractivity contribution is 5.77. The zero-order valence-electron chi connectivity index (χ0n) is 12.4. The minimum atomic E-state index is 0.192. The molecule has 0 spiro atoms. The van der Waals surface area contributed by atoms with Gasteiger partial charge in [-0.2, -0.15) is 0 Å². The first-order chi connectivity index (χ1) is 9.83. The summed E-state index contributed by atoms with van der Waals surface area (Å²) < 4.78 is 5.81. The summed E-state index contributed by atoms with van der Waals surface area (Å²) in [5.74, 6) is 0.192. The number of hydrogen-bond donors (Lipinski definition) is 1. The van der Waals surface area contributed by atoms with Crippen molar-refractivity contribution >= 4 is 5.91 Å². The summed E-state index contributed by atoms with van der Waals surface area (Å²) in [6.07, 6.45) is 5.98. The smallest absolute Gasteiger partial charge is 0.248 e. The molecule has 3 fully saturated rings. The molecule has 1 unspecified atom stereocenters. The zero-order valence-corrected chi connectivity index (χ0v) is 12.4. The van der Waals surface area contributed by atoms with Crippen molar-refractivity contribution in [3.63, 3.8) is 0 Å². The molecule has 0 aromatic carbocycles. The summed E-state index contributed by atoms with van der Waals surface area (Å²) in [7, 11) is 0. The van der Waals surface area contributed by atoms with Crippen LogP contribution in [0, 0.1) is 0 Å². The van der Waals surface area contributed by atoms with Crippen LogP contribution in [0.4, 0.5) is 0 Å². The summed E-state index contributed by atoms with van der Waals surface area (Å²) >= 11 is 0. The highest BCUT2D eigenvalue weighted by atomic mass is 16.5. The first kappa shape index (κ1) is 14.3. The maximum Gasteiger partial charge on any atom is 0.248 e. The number of nitrogens with zero attached hydrogens (tertiary/aromatic N) is 2. The molecular weight excluding hydrogens is 254 g/mol. The van der Waals surface area contributed by atoms with Crippen molar-refractivity contribution in [3.8, 4) is 0 Å². The summed E-state index contributed by atoms with van der Waals surface area (Å²) in [4.78, 5) is 16.9. The van der Waals surface area contributed by atoms with Crippen LogP contribution in [0.5, 0.6) is 0 Å². The van der Waals surface area contributed by atoms with E-state index in [0.29, 0.717) is 6.04 Å². The van der Waals surface area contributed by atoms with Gasteiger partial charge in [0.05, 0.1) is 6.10 Å². The third kappa shape index (κ3) is 3.51. The Bertz CT molecular complexity index is 331. The Morgan fingerprint density at radius 3 is 2.75 bits per heavy atom. The molecular formula is C15H27N3O2. The number of rotatable bonds is 3. The van der Waals surface area contributed by atoms with Crippen molar-refractivity contribution in [3.05, 3.63) is 0 Å². The van der Waals surface area contributed by atoms with Gasteiger partial charge in [0, 0.05) is 25.7 Å². The van der Waals surface area contributed by atoms with Gasteiger partial charge in [-0.25, -0.2) is 0 Å². The van der Waals surface area contributed by atoms with Crippen LogP contribution in [0.1, 0.15) is 32.1 Å². The van der Waals surface area contributed by atoms with Gasteiger partial charge >= 0.3 is 0 Å². The van der Waals surface area contributed by atoms with Gasteiger partial charge in [-0.15, -0.1) is 0 Å². The van der Waals surface area contributed by atoms with E-state index >= 15 is 0 Å².